The van der Waals surface area contributed by atoms with E-state index in [1.165, 1.54) is 18.2 Å². The number of benzene rings is 2. The number of esters is 1. The third-order valence-corrected chi connectivity index (χ3v) is 4.09. The van der Waals surface area contributed by atoms with E-state index in [1.54, 1.807) is 31.2 Å². The molecule has 1 N–H and O–H groups in total. The van der Waals surface area contributed by atoms with Crippen molar-refractivity contribution in [3.05, 3.63) is 64.4 Å². The minimum atomic E-state index is -4.70. The van der Waals surface area contributed by atoms with Gasteiger partial charge in [0.05, 0.1) is 17.7 Å². The van der Waals surface area contributed by atoms with Crippen molar-refractivity contribution in [2.75, 3.05) is 11.9 Å². The van der Waals surface area contributed by atoms with E-state index in [0.29, 0.717) is 5.02 Å². The normalized spacial score (nSPS) is 11.5. The van der Waals surface area contributed by atoms with Crippen molar-refractivity contribution in [1.82, 2.24) is 9.97 Å². The molecule has 0 spiro atoms. The van der Waals surface area contributed by atoms with Gasteiger partial charge in [-0.25, -0.2) is 14.8 Å². The maximum atomic E-state index is 13.2. The second kappa shape index (κ2) is 8.02. The smallest absolute Gasteiger partial charge is 0.451 e. The van der Waals surface area contributed by atoms with Crippen LogP contribution in [0.5, 0.6) is 0 Å². The Morgan fingerprint density at radius 3 is 2.50 bits per heavy atom. The van der Waals surface area contributed by atoms with E-state index in [4.69, 9.17) is 16.3 Å². The number of ether oxygens (including phenoxy) is 1. The molecule has 0 fully saturated rings. The molecule has 0 saturated heterocycles. The molecule has 0 amide bonds. The number of carbonyl (C=O) groups excluding carboxylic acids is 1. The zero-order valence-electron chi connectivity index (χ0n) is 14.7. The standard InChI is InChI=1S/C19H15ClF3N3O2/c1-2-28-17(27)12-5-8-15-14(9-12)16(26-18(25-15)19(21,22)23)24-10-11-3-6-13(20)7-4-11/h3-9H,2,10H2,1H3,(H,24,25,26). The van der Waals surface area contributed by atoms with Gasteiger partial charge in [0, 0.05) is 17.0 Å². The van der Waals surface area contributed by atoms with Crippen molar-refractivity contribution in [3.8, 4) is 0 Å². The highest BCUT2D eigenvalue weighted by Crippen LogP contribution is 2.31. The molecule has 0 bridgehead atoms. The van der Waals surface area contributed by atoms with E-state index in [9.17, 15) is 18.0 Å². The van der Waals surface area contributed by atoms with Gasteiger partial charge in [-0.1, -0.05) is 23.7 Å². The first kappa shape index (κ1) is 19.9. The van der Waals surface area contributed by atoms with Gasteiger partial charge in [-0.15, -0.1) is 0 Å². The third-order valence-electron chi connectivity index (χ3n) is 3.83. The van der Waals surface area contributed by atoms with Crippen LogP contribution in [0.15, 0.2) is 42.5 Å². The lowest BCUT2D eigenvalue weighted by Gasteiger charge is -2.13. The third kappa shape index (κ3) is 4.51. The maximum absolute atomic E-state index is 13.2. The molecule has 0 radical (unpaired) electrons. The Kier molecular flexibility index (Phi) is 5.69. The second-order valence-corrected chi connectivity index (χ2v) is 6.26. The maximum Gasteiger partial charge on any atom is 0.451 e. The van der Waals surface area contributed by atoms with E-state index < -0.39 is 18.0 Å². The number of aromatic nitrogens is 2. The van der Waals surface area contributed by atoms with Gasteiger partial charge >= 0.3 is 12.1 Å². The topological polar surface area (TPSA) is 64.1 Å². The number of fused-ring (bicyclic) bond motifs is 1. The lowest BCUT2D eigenvalue weighted by atomic mass is 10.1. The van der Waals surface area contributed by atoms with E-state index in [2.05, 4.69) is 15.3 Å². The predicted octanol–water partition coefficient (Wildman–Crippen LogP) is 5.09. The summed E-state index contributed by atoms with van der Waals surface area (Å²) < 4.78 is 44.5. The summed E-state index contributed by atoms with van der Waals surface area (Å²) in [5.41, 5.74) is 1.06. The van der Waals surface area contributed by atoms with Crippen LogP contribution in [0.25, 0.3) is 10.9 Å². The number of hydrogen-bond donors (Lipinski definition) is 1. The van der Waals surface area contributed by atoms with Gasteiger partial charge in [-0.2, -0.15) is 13.2 Å². The first-order valence-corrected chi connectivity index (χ1v) is 8.70. The van der Waals surface area contributed by atoms with Crippen molar-refractivity contribution in [3.63, 3.8) is 0 Å². The number of carbonyl (C=O) groups is 1. The van der Waals surface area contributed by atoms with Crippen molar-refractivity contribution in [2.45, 2.75) is 19.6 Å². The summed E-state index contributed by atoms with van der Waals surface area (Å²) in [6, 6.07) is 11.0. The average molecular weight is 410 g/mol. The fraction of sp³-hybridized carbons (Fsp3) is 0.211. The summed E-state index contributed by atoms with van der Waals surface area (Å²) in [4.78, 5) is 19.2. The second-order valence-electron chi connectivity index (χ2n) is 5.83. The molecule has 0 aliphatic rings. The number of nitrogens with one attached hydrogen (secondary N) is 1. The molecular weight excluding hydrogens is 395 g/mol. The quantitative estimate of drug-likeness (QED) is 0.594. The summed E-state index contributed by atoms with van der Waals surface area (Å²) in [6.45, 7) is 2.06. The zero-order chi connectivity index (χ0) is 20.3. The molecule has 2 aromatic carbocycles. The molecule has 5 nitrogen and oxygen atoms in total. The summed E-state index contributed by atoms with van der Waals surface area (Å²) >= 11 is 5.84. The molecule has 0 atom stereocenters. The van der Waals surface area contributed by atoms with Crippen LogP contribution in [0.3, 0.4) is 0 Å². The van der Waals surface area contributed by atoms with Crippen LogP contribution in [0.4, 0.5) is 19.0 Å². The SMILES string of the molecule is CCOC(=O)c1ccc2nc(C(F)(F)F)nc(NCc3ccc(Cl)cc3)c2c1. The molecule has 0 unspecified atom stereocenters. The molecule has 0 aliphatic carbocycles. The largest absolute Gasteiger partial charge is 0.462 e. The Labute approximate surface area is 163 Å². The van der Waals surface area contributed by atoms with Crippen molar-refractivity contribution >= 4 is 34.3 Å². The summed E-state index contributed by atoms with van der Waals surface area (Å²) in [5.74, 6) is -1.87. The molecule has 146 valence electrons. The van der Waals surface area contributed by atoms with Crippen LogP contribution in [-0.4, -0.2) is 22.5 Å². The van der Waals surface area contributed by atoms with Crippen LogP contribution >= 0.6 is 11.6 Å². The Balaban J connectivity index is 2.03. The minimum Gasteiger partial charge on any atom is -0.462 e. The molecule has 1 aromatic heterocycles. The number of hydrogen-bond acceptors (Lipinski definition) is 5. The van der Waals surface area contributed by atoms with Crippen molar-refractivity contribution in [2.24, 2.45) is 0 Å². The first-order chi connectivity index (χ1) is 13.3. The minimum absolute atomic E-state index is 0.0292. The summed E-state index contributed by atoms with van der Waals surface area (Å²) in [7, 11) is 0. The monoisotopic (exact) mass is 409 g/mol. The van der Waals surface area contributed by atoms with E-state index in [1.807, 2.05) is 0 Å². The number of alkyl halides is 3. The first-order valence-electron chi connectivity index (χ1n) is 8.32. The molecule has 0 aliphatic heterocycles. The van der Waals surface area contributed by atoms with Crippen molar-refractivity contribution in [1.29, 1.82) is 0 Å². The van der Waals surface area contributed by atoms with Crippen molar-refractivity contribution < 1.29 is 22.7 Å². The van der Waals surface area contributed by atoms with Crippen LogP contribution in [0, 0.1) is 0 Å². The Morgan fingerprint density at radius 2 is 1.86 bits per heavy atom. The zero-order valence-corrected chi connectivity index (χ0v) is 15.4. The predicted molar refractivity (Wildman–Crippen MR) is 99.3 cm³/mol. The Bertz CT molecular complexity index is 1010. The van der Waals surface area contributed by atoms with Gasteiger partial charge in [-0.05, 0) is 42.8 Å². The molecule has 3 rings (SSSR count). The van der Waals surface area contributed by atoms with Gasteiger partial charge in [0.1, 0.15) is 5.82 Å². The number of rotatable bonds is 5. The molecule has 28 heavy (non-hydrogen) atoms. The highest BCUT2D eigenvalue weighted by Gasteiger charge is 2.35. The highest BCUT2D eigenvalue weighted by atomic mass is 35.5. The Hall–Kier alpha value is -2.87. The highest BCUT2D eigenvalue weighted by molar-refractivity contribution is 6.30. The van der Waals surface area contributed by atoms with Crippen LogP contribution in [-0.2, 0) is 17.5 Å². The summed E-state index contributed by atoms with van der Waals surface area (Å²) in [5, 5.41) is 3.72. The lowest BCUT2D eigenvalue weighted by Crippen LogP contribution is -2.14. The fourth-order valence-corrected chi connectivity index (χ4v) is 2.65. The van der Waals surface area contributed by atoms with Gasteiger partial charge in [0.2, 0.25) is 5.82 Å². The van der Waals surface area contributed by atoms with Gasteiger partial charge in [0.25, 0.3) is 0 Å². The Morgan fingerprint density at radius 1 is 1.14 bits per heavy atom. The van der Waals surface area contributed by atoms with E-state index in [0.717, 1.165) is 5.56 Å². The fourth-order valence-electron chi connectivity index (χ4n) is 2.52. The number of anilines is 1. The summed E-state index contributed by atoms with van der Waals surface area (Å²) in [6.07, 6.45) is -4.70. The van der Waals surface area contributed by atoms with E-state index >= 15 is 0 Å². The van der Waals surface area contributed by atoms with Gasteiger partial charge in [-0.3, -0.25) is 0 Å². The molecule has 0 saturated carbocycles. The van der Waals surface area contributed by atoms with Gasteiger partial charge in [0.15, 0.2) is 0 Å². The van der Waals surface area contributed by atoms with Crippen LogP contribution < -0.4 is 5.32 Å². The number of halogens is 4. The van der Waals surface area contributed by atoms with Gasteiger partial charge < -0.3 is 10.1 Å². The van der Waals surface area contributed by atoms with E-state index in [-0.39, 0.29) is 35.4 Å². The van der Waals surface area contributed by atoms with Crippen LogP contribution in [0.2, 0.25) is 5.02 Å². The molecule has 3 aromatic rings. The average Bonchev–Trinajstić information content (AvgIpc) is 2.66. The lowest BCUT2D eigenvalue weighted by molar-refractivity contribution is -0.144. The van der Waals surface area contributed by atoms with Crippen LogP contribution in [0.1, 0.15) is 28.7 Å². The molecule has 9 heteroatoms. The molecule has 1 heterocycles. The molecular formula is C19H15ClF3N3O2. The number of nitrogens with zero attached hydrogens (tertiary/aromatic N) is 2.